The Morgan fingerprint density at radius 3 is 1.40 bits per heavy atom. The van der Waals surface area contributed by atoms with Gasteiger partial charge < -0.3 is 9.47 Å². The number of nitro groups is 2. The first-order chi connectivity index (χ1) is 16.0. The van der Waals surface area contributed by atoms with Gasteiger partial charge in [0.25, 0.3) is 31.6 Å². The Hall–Kier alpha value is -3.02. The molecule has 0 saturated carbocycles. The van der Waals surface area contributed by atoms with Crippen molar-refractivity contribution < 1.29 is 44.5 Å². The predicted octanol–water partition coefficient (Wildman–Crippen LogP) is 2.03. The molecule has 0 aliphatic carbocycles. The van der Waals surface area contributed by atoms with Gasteiger partial charge in [0, 0.05) is 24.3 Å². The molecule has 2 fully saturated rings. The third-order valence-corrected chi connectivity index (χ3v) is 6.81. The maximum Gasteiger partial charge on any atom is 0.297 e. The van der Waals surface area contributed by atoms with E-state index in [-0.39, 0.29) is 54.0 Å². The summed E-state index contributed by atoms with van der Waals surface area (Å²) in [6, 6.07) is 9.42. The Labute approximate surface area is 200 Å². The van der Waals surface area contributed by atoms with E-state index < -0.39 is 30.1 Å². The minimum atomic E-state index is -3.96. The summed E-state index contributed by atoms with van der Waals surface area (Å²) >= 11 is 0. The average Bonchev–Trinajstić information content (AvgIpc) is 3.72. The lowest BCUT2D eigenvalue weighted by Gasteiger charge is -2.03. The molecule has 16 heteroatoms. The fourth-order valence-electron chi connectivity index (χ4n) is 2.30. The highest BCUT2D eigenvalue weighted by atomic mass is 32.2. The number of non-ortho nitro benzene ring substituents is 2. The Kier molecular flexibility index (Phi) is 9.36. The maximum absolute atomic E-state index is 11.6. The molecule has 2 aromatic carbocycles. The molecule has 0 unspecified atom stereocenters. The monoisotopic (exact) mass is 534 g/mol. The minimum Gasteiger partial charge on any atom is -0.371 e. The van der Waals surface area contributed by atoms with E-state index >= 15 is 0 Å². The van der Waals surface area contributed by atoms with E-state index in [2.05, 4.69) is 0 Å². The molecule has 2 heterocycles. The molecule has 14 nitrogen and oxygen atoms in total. The van der Waals surface area contributed by atoms with E-state index in [4.69, 9.17) is 17.8 Å². The van der Waals surface area contributed by atoms with Crippen LogP contribution in [0.1, 0.15) is 7.43 Å². The third kappa shape index (κ3) is 8.61. The molecule has 4 rings (SSSR count). The summed E-state index contributed by atoms with van der Waals surface area (Å²) < 4.78 is 65.6. The van der Waals surface area contributed by atoms with Crippen LogP contribution in [0.4, 0.5) is 11.4 Å². The first kappa shape index (κ1) is 28.2. The van der Waals surface area contributed by atoms with Gasteiger partial charge in [-0.2, -0.15) is 16.8 Å². The van der Waals surface area contributed by atoms with E-state index in [1.54, 1.807) is 0 Å². The number of rotatable bonds is 10. The Morgan fingerprint density at radius 1 is 0.771 bits per heavy atom. The quantitative estimate of drug-likeness (QED) is 0.186. The lowest BCUT2D eigenvalue weighted by Crippen LogP contribution is -2.11. The lowest BCUT2D eigenvalue weighted by molar-refractivity contribution is -0.385. The van der Waals surface area contributed by atoms with Crippen molar-refractivity contribution in [1.82, 2.24) is 0 Å². The van der Waals surface area contributed by atoms with Crippen molar-refractivity contribution in [3.05, 3.63) is 68.8 Å². The Balaban J connectivity index is 0.000000240. The van der Waals surface area contributed by atoms with Gasteiger partial charge in [0.05, 0.1) is 36.3 Å². The van der Waals surface area contributed by atoms with Gasteiger partial charge >= 0.3 is 0 Å². The highest BCUT2D eigenvalue weighted by Crippen LogP contribution is 2.21. The molecule has 35 heavy (non-hydrogen) atoms. The van der Waals surface area contributed by atoms with Crippen LogP contribution in [0.25, 0.3) is 0 Å². The second-order valence-corrected chi connectivity index (χ2v) is 10.1. The molecule has 2 aromatic rings. The Morgan fingerprint density at radius 2 is 1.11 bits per heavy atom. The topological polar surface area (TPSA) is 198 Å². The zero-order valence-corrected chi connectivity index (χ0v) is 18.8. The number of benzene rings is 2. The second-order valence-electron chi connectivity index (χ2n) is 6.90. The van der Waals surface area contributed by atoms with Gasteiger partial charge in [-0.15, -0.1) is 0 Å². The van der Waals surface area contributed by atoms with Crippen molar-refractivity contribution in [3.8, 4) is 0 Å². The number of hydrogen-bond acceptors (Lipinski definition) is 12. The van der Waals surface area contributed by atoms with Crippen molar-refractivity contribution in [3.63, 3.8) is 0 Å². The largest absolute Gasteiger partial charge is 0.371 e. The Bertz CT molecular complexity index is 1170. The molecule has 0 radical (unpaired) electrons. The van der Waals surface area contributed by atoms with Gasteiger partial charge in [0.1, 0.15) is 22.0 Å². The SMILES string of the molecule is C.O=[N+]([O-])c1cccc(S(=O)(=O)OC[C@@H]2CO2)c1.O=[N+]([O-])c1cccc(S(=O)(=O)OC[C@H]2CO2)c1. The lowest BCUT2D eigenvalue weighted by atomic mass is 10.3. The van der Waals surface area contributed by atoms with Crippen molar-refractivity contribution in [2.24, 2.45) is 0 Å². The van der Waals surface area contributed by atoms with E-state index in [0.29, 0.717) is 13.2 Å². The highest BCUT2D eigenvalue weighted by Gasteiger charge is 2.28. The van der Waals surface area contributed by atoms with Crippen LogP contribution in [0.3, 0.4) is 0 Å². The van der Waals surface area contributed by atoms with E-state index in [9.17, 15) is 37.1 Å². The summed E-state index contributed by atoms with van der Waals surface area (Å²) in [5.74, 6) is 0. The smallest absolute Gasteiger partial charge is 0.297 e. The molecule has 2 aliphatic rings. The molecule has 192 valence electrons. The summed E-state index contributed by atoms with van der Waals surface area (Å²) in [5, 5.41) is 21.0. The number of ether oxygens (including phenoxy) is 2. The molecule has 2 aliphatic heterocycles. The van der Waals surface area contributed by atoms with Gasteiger partial charge in [-0.05, 0) is 12.1 Å². The number of nitro benzene ring substituents is 2. The summed E-state index contributed by atoms with van der Waals surface area (Å²) in [4.78, 5) is 19.2. The summed E-state index contributed by atoms with van der Waals surface area (Å²) in [5.41, 5.74) is -0.588. The normalized spacial score (nSPS) is 18.4. The van der Waals surface area contributed by atoms with Gasteiger partial charge in [0.2, 0.25) is 0 Å². The predicted molar refractivity (Wildman–Crippen MR) is 119 cm³/mol. The summed E-state index contributed by atoms with van der Waals surface area (Å²) in [6.45, 7) is 0.824. The van der Waals surface area contributed by atoms with Crippen molar-refractivity contribution in [2.75, 3.05) is 26.4 Å². The molecule has 0 N–H and O–H groups in total. The minimum absolute atomic E-state index is 0. The highest BCUT2D eigenvalue weighted by molar-refractivity contribution is 7.87. The first-order valence-corrected chi connectivity index (χ1v) is 12.3. The molecule has 0 amide bonds. The standard InChI is InChI=1S/2C9H9NO6S.CH4/c2*11-10(12)7-2-1-3-9(4-7)17(13,14)16-6-8-5-15-8;/h2*1-4,8H,5-6H2;1H4/t2*8-;/m10./s1. The van der Waals surface area contributed by atoms with Gasteiger partial charge in [0.15, 0.2) is 0 Å². The summed E-state index contributed by atoms with van der Waals surface area (Å²) in [7, 11) is -7.91. The third-order valence-electron chi connectivity index (χ3n) is 4.26. The van der Waals surface area contributed by atoms with Crippen LogP contribution in [0.2, 0.25) is 0 Å². The molecule has 0 spiro atoms. The van der Waals surface area contributed by atoms with Crippen LogP contribution in [0.15, 0.2) is 58.3 Å². The molecular weight excluding hydrogens is 512 g/mol. The second kappa shape index (κ2) is 11.6. The van der Waals surface area contributed by atoms with Crippen LogP contribution in [0, 0.1) is 20.2 Å². The van der Waals surface area contributed by atoms with Crippen LogP contribution in [-0.4, -0.2) is 65.3 Å². The number of hydrogen-bond donors (Lipinski definition) is 0. The van der Waals surface area contributed by atoms with Crippen molar-refractivity contribution in [2.45, 2.75) is 29.4 Å². The fourth-order valence-corrected chi connectivity index (χ4v) is 4.26. The zero-order chi connectivity index (χ0) is 24.9. The summed E-state index contributed by atoms with van der Waals surface area (Å²) in [6.07, 6.45) is -0.382. The van der Waals surface area contributed by atoms with Crippen molar-refractivity contribution >= 4 is 31.6 Å². The van der Waals surface area contributed by atoms with E-state index in [0.717, 1.165) is 12.1 Å². The molecule has 2 atom stereocenters. The van der Waals surface area contributed by atoms with Gasteiger partial charge in [-0.25, -0.2) is 0 Å². The van der Waals surface area contributed by atoms with E-state index in [1.165, 1.54) is 36.4 Å². The van der Waals surface area contributed by atoms with Crippen LogP contribution < -0.4 is 0 Å². The van der Waals surface area contributed by atoms with Gasteiger partial charge in [-0.3, -0.25) is 28.6 Å². The molecule has 0 bridgehead atoms. The number of nitrogens with zero attached hydrogens (tertiary/aromatic N) is 2. The molecule has 2 saturated heterocycles. The molecule has 0 aromatic heterocycles. The first-order valence-electron chi connectivity index (χ1n) is 9.49. The fraction of sp³-hybridized carbons (Fsp3) is 0.368. The van der Waals surface area contributed by atoms with Crippen LogP contribution >= 0.6 is 0 Å². The van der Waals surface area contributed by atoms with E-state index in [1.807, 2.05) is 0 Å². The average molecular weight is 535 g/mol. The zero-order valence-electron chi connectivity index (χ0n) is 17.2. The molecular formula is C19H22N2O12S2. The van der Waals surface area contributed by atoms with Gasteiger partial charge in [-0.1, -0.05) is 19.6 Å². The maximum atomic E-state index is 11.6. The van der Waals surface area contributed by atoms with Crippen LogP contribution in [-0.2, 0) is 38.1 Å². The number of epoxide rings is 2. The van der Waals surface area contributed by atoms with Crippen molar-refractivity contribution in [1.29, 1.82) is 0 Å². The van der Waals surface area contributed by atoms with Crippen LogP contribution in [0.5, 0.6) is 0 Å².